The maximum Gasteiger partial charge on any atom is 0.308 e. The van der Waals surface area contributed by atoms with Crippen molar-refractivity contribution >= 4 is 11.9 Å². The first-order valence-corrected chi connectivity index (χ1v) is 15.1. The molecule has 0 aliphatic carbocycles. The summed E-state index contributed by atoms with van der Waals surface area (Å²) in [6.45, 7) is 13.9. The summed E-state index contributed by atoms with van der Waals surface area (Å²) in [5.74, 6) is -0.379. The molecule has 41 heavy (non-hydrogen) atoms. The van der Waals surface area contributed by atoms with Crippen LogP contribution in [0.3, 0.4) is 0 Å². The van der Waals surface area contributed by atoms with E-state index in [1.165, 1.54) is 0 Å². The highest BCUT2D eigenvalue weighted by molar-refractivity contribution is 5.72. The number of esters is 2. The fourth-order valence-electron chi connectivity index (χ4n) is 3.29. The Hall–Kier alpha value is -1.38. The first kappa shape index (κ1) is 39.6. The summed E-state index contributed by atoms with van der Waals surface area (Å²) < 4.78 is 53.4. The minimum absolute atomic E-state index is 0.00428. The Bertz CT molecular complexity index is 564. The van der Waals surface area contributed by atoms with Gasteiger partial charge in [-0.05, 0) is 19.8 Å². The highest BCUT2D eigenvalue weighted by Gasteiger charge is 2.16. The van der Waals surface area contributed by atoms with Crippen molar-refractivity contribution in [1.29, 1.82) is 0 Å². The number of carbonyl (C=O) groups excluding carboxylic acids is 2. The molecule has 12 heteroatoms. The predicted molar refractivity (Wildman–Crippen MR) is 152 cm³/mol. The maximum atomic E-state index is 12.0. The van der Waals surface area contributed by atoms with Gasteiger partial charge in [0.05, 0.1) is 125 Å². The Morgan fingerprint density at radius 2 is 0.854 bits per heavy atom. The van der Waals surface area contributed by atoms with Gasteiger partial charge in [0.2, 0.25) is 0 Å². The molecule has 0 saturated carbocycles. The summed E-state index contributed by atoms with van der Waals surface area (Å²) in [5, 5.41) is 0. The highest BCUT2D eigenvalue weighted by Crippen LogP contribution is 2.14. The summed E-state index contributed by atoms with van der Waals surface area (Å²) in [4.78, 5) is 23.1. The van der Waals surface area contributed by atoms with Gasteiger partial charge in [0.15, 0.2) is 0 Å². The third-order valence-corrected chi connectivity index (χ3v) is 5.56. The zero-order valence-corrected chi connectivity index (χ0v) is 25.7. The average Bonchev–Trinajstić information content (AvgIpc) is 2.97. The Balaban J connectivity index is 3.18. The van der Waals surface area contributed by atoms with Gasteiger partial charge >= 0.3 is 11.9 Å². The van der Waals surface area contributed by atoms with E-state index in [4.69, 9.17) is 47.4 Å². The monoisotopic (exact) mass is 596 g/mol. The lowest BCUT2D eigenvalue weighted by atomic mass is 10.00. The molecule has 0 spiro atoms. The number of ether oxygens (including phenoxy) is 10. The summed E-state index contributed by atoms with van der Waals surface area (Å²) in [6, 6.07) is 0. The molecule has 0 aromatic heterocycles. The normalized spacial score (nSPS) is 12.0. The summed E-state index contributed by atoms with van der Waals surface area (Å²) in [5.41, 5.74) is 0. The van der Waals surface area contributed by atoms with E-state index < -0.39 is 0 Å². The topological polar surface area (TPSA) is 126 Å². The van der Waals surface area contributed by atoms with Crippen LogP contribution in [0, 0.1) is 5.92 Å². The largest absolute Gasteiger partial charge is 0.466 e. The fourth-order valence-corrected chi connectivity index (χ4v) is 3.29. The quantitative estimate of drug-likeness (QED) is 0.0817. The molecular formula is C29H56O12. The van der Waals surface area contributed by atoms with Gasteiger partial charge < -0.3 is 47.4 Å². The van der Waals surface area contributed by atoms with Crippen molar-refractivity contribution in [2.24, 2.45) is 5.92 Å². The molecule has 0 aromatic carbocycles. The van der Waals surface area contributed by atoms with Crippen LogP contribution < -0.4 is 0 Å². The van der Waals surface area contributed by atoms with Gasteiger partial charge in [-0.1, -0.05) is 26.7 Å². The molecule has 12 nitrogen and oxygen atoms in total. The third-order valence-electron chi connectivity index (χ3n) is 5.56. The molecular weight excluding hydrogens is 540 g/mol. The number of carbonyl (C=O) groups is 2. The van der Waals surface area contributed by atoms with Crippen LogP contribution in [0.5, 0.6) is 0 Å². The van der Waals surface area contributed by atoms with Crippen molar-refractivity contribution in [1.82, 2.24) is 0 Å². The fraction of sp³-hybridized carbons (Fsp3) is 0.931. The zero-order valence-electron chi connectivity index (χ0n) is 25.7. The first-order valence-electron chi connectivity index (χ1n) is 15.1. The van der Waals surface area contributed by atoms with E-state index in [1.54, 1.807) is 6.92 Å². The standard InChI is InChI=1S/C29H56O12/c1-4-7-8-27(5-2)29(31)41-26-25-39-24-23-38-22-21-37-20-19-36-18-17-35-16-15-34-14-13-33-12-11-32-10-9-28(30)40-6-3/h27H,4-26H2,1-3H3. The van der Waals surface area contributed by atoms with Crippen molar-refractivity contribution in [3.8, 4) is 0 Å². The third kappa shape index (κ3) is 29.9. The SMILES string of the molecule is CCCCC(CC)C(=O)OCCOCCOCCOCCOCCOCCOCCOCCOCCC(=O)OCC. The van der Waals surface area contributed by atoms with Gasteiger partial charge in [0.25, 0.3) is 0 Å². The summed E-state index contributed by atoms with van der Waals surface area (Å²) in [6.07, 6.45) is 4.08. The average molecular weight is 597 g/mol. The van der Waals surface area contributed by atoms with Crippen molar-refractivity contribution in [2.75, 3.05) is 119 Å². The second-order valence-electron chi connectivity index (χ2n) is 8.87. The van der Waals surface area contributed by atoms with Crippen molar-refractivity contribution in [3.05, 3.63) is 0 Å². The lowest BCUT2D eigenvalue weighted by Gasteiger charge is -2.13. The predicted octanol–water partition coefficient (Wildman–Crippen LogP) is 2.83. The molecule has 1 atom stereocenters. The molecule has 1 unspecified atom stereocenters. The van der Waals surface area contributed by atoms with Crippen molar-refractivity contribution in [2.45, 2.75) is 52.9 Å². The second kappa shape index (κ2) is 33.1. The highest BCUT2D eigenvalue weighted by atomic mass is 16.6. The van der Waals surface area contributed by atoms with Gasteiger partial charge in [-0.25, -0.2) is 0 Å². The minimum atomic E-state index is -0.252. The maximum absolute atomic E-state index is 12.0. The number of rotatable bonds is 33. The molecule has 0 amide bonds. The Kier molecular flexibility index (Phi) is 32.0. The van der Waals surface area contributed by atoms with Crippen LogP contribution in [0.2, 0.25) is 0 Å². The Morgan fingerprint density at radius 1 is 0.488 bits per heavy atom. The van der Waals surface area contributed by atoms with Crippen LogP contribution in [0.25, 0.3) is 0 Å². The van der Waals surface area contributed by atoms with Crippen LogP contribution in [-0.2, 0) is 57.0 Å². The van der Waals surface area contributed by atoms with Crippen LogP contribution >= 0.6 is 0 Å². The molecule has 0 heterocycles. The lowest BCUT2D eigenvalue weighted by Crippen LogP contribution is -2.20. The smallest absolute Gasteiger partial charge is 0.308 e. The molecule has 0 rings (SSSR count). The molecule has 0 N–H and O–H groups in total. The van der Waals surface area contributed by atoms with Gasteiger partial charge in [-0.2, -0.15) is 0 Å². The number of unbranched alkanes of at least 4 members (excludes halogenated alkanes) is 1. The molecule has 0 aliphatic heterocycles. The number of hydrogen-bond donors (Lipinski definition) is 0. The minimum Gasteiger partial charge on any atom is -0.466 e. The van der Waals surface area contributed by atoms with Gasteiger partial charge in [-0.15, -0.1) is 0 Å². The summed E-state index contributed by atoms with van der Waals surface area (Å²) >= 11 is 0. The van der Waals surface area contributed by atoms with Crippen LogP contribution in [0.15, 0.2) is 0 Å². The zero-order chi connectivity index (χ0) is 30.1. The Morgan fingerprint density at radius 3 is 1.20 bits per heavy atom. The van der Waals surface area contributed by atoms with E-state index in [1.807, 2.05) is 6.92 Å². The molecule has 0 radical (unpaired) electrons. The van der Waals surface area contributed by atoms with Crippen LogP contribution in [-0.4, -0.2) is 131 Å². The van der Waals surface area contributed by atoms with Crippen molar-refractivity contribution in [3.63, 3.8) is 0 Å². The van der Waals surface area contributed by atoms with E-state index in [0.717, 1.165) is 25.7 Å². The van der Waals surface area contributed by atoms with E-state index in [2.05, 4.69) is 6.92 Å². The second-order valence-corrected chi connectivity index (χ2v) is 8.87. The van der Waals surface area contributed by atoms with Crippen LogP contribution in [0.4, 0.5) is 0 Å². The van der Waals surface area contributed by atoms with Gasteiger partial charge in [0.1, 0.15) is 6.61 Å². The molecule has 0 aromatic rings. The summed E-state index contributed by atoms with van der Waals surface area (Å²) in [7, 11) is 0. The van der Waals surface area contributed by atoms with Gasteiger partial charge in [0, 0.05) is 0 Å². The van der Waals surface area contributed by atoms with E-state index in [-0.39, 0.29) is 30.9 Å². The number of hydrogen-bond acceptors (Lipinski definition) is 12. The van der Waals surface area contributed by atoms with Gasteiger partial charge in [-0.3, -0.25) is 9.59 Å². The first-order chi connectivity index (χ1) is 20.2. The molecule has 0 aliphatic rings. The Labute approximate surface area is 246 Å². The van der Waals surface area contributed by atoms with E-state index in [0.29, 0.717) is 112 Å². The van der Waals surface area contributed by atoms with Crippen molar-refractivity contribution < 1.29 is 57.0 Å². The lowest BCUT2D eigenvalue weighted by molar-refractivity contribution is -0.150. The molecule has 0 bridgehead atoms. The molecule has 244 valence electrons. The van der Waals surface area contributed by atoms with E-state index in [9.17, 15) is 9.59 Å². The molecule has 0 saturated heterocycles. The van der Waals surface area contributed by atoms with E-state index >= 15 is 0 Å². The molecule has 0 fully saturated rings. The van der Waals surface area contributed by atoms with Crippen LogP contribution in [0.1, 0.15) is 52.9 Å².